The molecule has 0 unspecified atom stereocenters. The monoisotopic (exact) mass is 168 g/mol. The number of aliphatic imine (C=N–C) groups is 1. The van der Waals surface area contributed by atoms with Gasteiger partial charge in [0.05, 0.1) is 0 Å². The molecule has 2 N–H and O–H groups in total. The van der Waals surface area contributed by atoms with Crippen molar-refractivity contribution in [3.05, 3.63) is 35.9 Å². The molecule has 0 radical (unpaired) electrons. The molecule has 3 nitrogen and oxygen atoms in total. The van der Waals surface area contributed by atoms with E-state index in [9.17, 15) is 4.39 Å². The Morgan fingerprint density at radius 2 is 2.08 bits per heavy atom. The van der Waals surface area contributed by atoms with E-state index in [1.807, 2.05) is 11.5 Å². The van der Waals surface area contributed by atoms with Crippen LogP contribution in [0.3, 0.4) is 0 Å². The van der Waals surface area contributed by atoms with E-state index >= 15 is 0 Å². The molecule has 1 aromatic carbocycles. The Kier molecular flexibility index (Phi) is 3.22. The highest BCUT2D eigenvalue weighted by atomic mass is 19.1. The van der Waals surface area contributed by atoms with Gasteiger partial charge in [-0.05, 0) is 0 Å². The van der Waals surface area contributed by atoms with Crippen molar-refractivity contribution < 1.29 is 9.60 Å². The highest BCUT2D eigenvalue weighted by Crippen LogP contribution is 1.98. The summed E-state index contributed by atoms with van der Waals surface area (Å²) in [6.07, 6.45) is 0. The first-order valence-corrected chi connectivity index (χ1v) is 3.44. The maximum absolute atomic E-state index is 11.8. The van der Waals surface area contributed by atoms with E-state index in [0.717, 1.165) is 0 Å². The van der Waals surface area contributed by atoms with Gasteiger partial charge in [0.25, 0.3) is 0 Å². The molecule has 0 aromatic heterocycles. The van der Waals surface area contributed by atoms with Crippen LogP contribution in [0.25, 0.3) is 0 Å². The Labute approximate surface area is 69.5 Å². The normalized spacial score (nSPS) is 11.3. The molecule has 1 rings (SSSR count). The van der Waals surface area contributed by atoms with E-state index in [0.29, 0.717) is 5.56 Å². The van der Waals surface area contributed by atoms with Crippen LogP contribution in [0.4, 0.5) is 4.39 Å². The lowest BCUT2D eigenvalue weighted by Gasteiger charge is -2.02. The second-order valence-corrected chi connectivity index (χ2v) is 2.10. The Hall–Kier alpha value is -1.42. The first-order valence-electron chi connectivity index (χ1n) is 3.44. The van der Waals surface area contributed by atoms with Crippen LogP contribution >= 0.6 is 0 Å². The molecule has 0 bridgehead atoms. The topological polar surface area (TPSA) is 44.6 Å². The summed E-state index contributed by atoms with van der Waals surface area (Å²) in [5.41, 5.74) is 2.48. The Morgan fingerprint density at radius 3 is 2.58 bits per heavy atom. The molecule has 0 amide bonds. The summed E-state index contributed by atoms with van der Waals surface area (Å²) in [6.45, 7) is -0.849. The molecule has 0 aliphatic rings. The summed E-state index contributed by atoms with van der Waals surface area (Å²) >= 11 is 0. The summed E-state index contributed by atoms with van der Waals surface area (Å²) in [6, 6.07) is 8.82. The zero-order chi connectivity index (χ0) is 8.81. The number of alkyl halides is 1. The van der Waals surface area contributed by atoms with E-state index in [4.69, 9.17) is 5.21 Å². The maximum Gasteiger partial charge on any atom is 0.182 e. The van der Waals surface area contributed by atoms with E-state index < -0.39 is 6.80 Å². The number of nitrogens with one attached hydrogen (secondary N) is 1. The van der Waals surface area contributed by atoms with E-state index in [2.05, 4.69) is 4.99 Å². The first-order chi connectivity index (χ1) is 5.88. The van der Waals surface area contributed by atoms with Crippen LogP contribution in [0.5, 0.6) is 0 Å². The van der Waals surface area contributed by atoms with Crippen LogP contribution in [0, 0.1) is 0 Å². The van der Waals surface area contributed by atoms with Gasteiger partial charge in [0.2, 0.25) is 0 Å². The van der Waals surface area contributed by atoms with Crippen molar-refractivity contribution in [2.24, 2.45) is 4.99 Å². The van der Waals surface area contributed by atoms with E-state index in [1.165, 1.54) is 0 Å². The molecule has 64 valence electrons. The molecule has 0 spiro atoms. The molecular weight excluding hydrogens is 159 g/mol. The molecule has 0 heterocycles. The van der Waals surface area contributed by atoms with Crippen LogP contribution in [0.2, 0.25) is 0 Å². The minimum absolute atomic E-state index is 0.137. The van der Waals surface area contributed by atoms with E-state index in [1.54, 1.807) is 24.3 Å². The summed E-state index contributed by atoms with van der Waals surface area (Å²) < 4.78 is 11.8. The van der Waals surface area contributed by atoms with E-state index in [-0.39, 0.29) is 5.84 Å². The van der Waals surface area contributed by atoms with Gasteiger partial charge in [0.15, 0.2) is 12.6 Å². The first kappa shape index (κ1) is 8.67. The van der Waals surface area contributed by atoms with Gasteiger partial charge < -0.3 is 0 Å². The standard InChI is InChI=1S/C8H9FN2O/c9-6-10-8(11-12)7-4-2-1-3-5-7/h1-5,12H,6H2,(H,10,11). The zero-order valence-corrected chi connectivity index (χ0v) is 6.37. The fraction of sp³-hybridized carbons (Fsp3) is 0.125. The average molecular weight is 168 g/mol. The van der Waals surface area contributed by atoms with Crippen LogP contribution in [-0.2, 0) is 0 Å². The summed E-state index contributed by atoms with van der Waals surface area (Å²) in [7, 11) is 0. The van der Waals surface area contributed by atoms with Gasteiger partial charge in [-0.25, -0.2) is 9.38 Å². The molecule has 0 saturated carbocycles. The number of hydroxylamine groups is 1. The Balaban J connectivity index is 2.88. The number of hydrogen-bond donors (Lipinski definition) is 2. The number of benzene rings is 1. The van der Waals surface area contributed by atoms with Gasteiger partial charge >= 0.3 is 0 Å². The number of hydrogen-bond acceptors (Lipinski definition) is 2. The van der Waals surface area contributed by atoms with Gasteiger partial charge in [-0.15, -0.1) is 0 Å². The fourth-order valence-corrected chi connectivity index (χ4v) is 0.847. The van der Waals surface area contributed by atoms with Gasteiger partial charge in [-0.1, -0.05) is 30.3 Å². The number of halogens is 1. The minimum Gasteiger partial charge on any atom is -0.290 e. The molecule has 0 fully saturated rings. The predicted octanol–water partition coefficient (Wildman–Crippen LogP) is 1.34. The van der Waals surface area contributed by atoms with Crippen LogP contribution in [-0.4, -0.2) is 17.8 Å². The molecule has 4 heteroatoms. The molecule has 1 aromatic rings. The van der Waals surface area contributed by atoms with Crippen LogP contribution in [0.15, 0.2) is 35.3 Å². The van der Waals surface area contributed by atoms with Crippen LogP contribution in [0.1, 0.15) is 5.56 Å². The smallest absolute Gasteiger partial charge is 0.182 e. The second kappa shape index (κ2) is 4.46. The summed E-state index contributed by atoms with van der Waals surface area (Å²) in [5, 5.41) is 8.56. The molecule has 0 aliphatic heterocycles. The van der Waals surface area contributed by atoms with Gasteiger partial charge in [0.1, 0.15) is 0 Å². The summed E-state index contributed by atoms with van der Waals surface area (Å²) in [5.74, 6) is 0.137. The van der Waals surface area contributed by atoms with Crippen molar-refractivity contribution in [2.75, 3.05) is 6.80 Å². The third-order valence-corrected chi connectivity index (χ3v) is 1.37. The quantitative estimate of drug-likeness (QED) is 0.303. The molecule has 12 heavy (non-hydrogen) atoms. The number of rotatable bonds is 2. The molecule has 0 aliphatic carbocycles. The van der Waals surface area contributed by atoms with Crippen molar-refractivity contribution in [2.45, 2.75) is 0 Å². The molecule has 0 saturated heterocycles. The SMILES string of the molecule is ONC(=NCF)c1ccccc1. The average Bonchev–Trinajstić information content (AvgIpc) is 2.15. The largest absolute Gasteiger partial charge is 0.290 e. The van der Waals surface area contributed by atoms with Crippen molar-refractivity contribution in [1.29, 1.82) is 0 Å². The lowest BCUT2D eigenvalue weighted by Crippen LogP contribution is -2.20. The third-order valence-electron chi connectivity index (χ3n) is 1.37. The van der Waals surface area contributed by atoms with Gasteiger partial charge in [0, 0.05) is 5.56 Å². The minimum atomic E-state index is -0.849. The lowest BCUT2D eigenvalue weighted by atomic mass is 10.2. The van der Waals surface area contributed by atoms with Crippen molar-refractivity contribution in [3.8, 4) is 0 Å². The summed E-state index contributed by atoms with van der Waals surface area (Å²) in [4.78, 5) is 3.40. The fourth-order valence-electron chi connectivity index (χ4n) is 0.847. The van der Waals surface area contributed by atoms with Crippen molar-refractivity contribution >= 4 is 5.84 Å². The number of amidine groups is 1. The third kappa shape index (κ3) is 2.03. The Morgan fingerprint density at radius 1 is 1.42 bits per heavy atom. The predicted molar refractivity (Wildman–Crippen MR) is 43.9 cm³/mol. The molecular formula is C8H9FN2O. The van der Waals surface area contributed by atoms with Crippen molar-refractivity contribution in [1.82, 2.24) is 5.48 Å². The van der Waals surface area contributed by atoms with Gasteiger partial charge in [-0.3, -0.25) is 10.7 Å². The van der Waals surface area contributed by atoms with Gasteiger partial charge in [-0.2, -0.15) is 0 Å². The second-order valence-electron chi connectivity index (χ2n) is 2.10. The Bertz CT molecular complexity index is 261. The molecule has 0 atom stereocenters. The highest BCUT2D eigenvalue weighted by Gasteiger charge is 1.98. The maximum atomic E-state index is 11.8. The zero-order valence-electron chi connectivity index (χ0n) is 6.37. The van der Waals surface area contributed by atoms with Crippen LogP contribution < -0.4 is 5.48 Å². The van der Waals surface area contributed by atoms with Crippen molar-refractivity contribution in [3.63, 3.8) is 0 Å². The lowest BCUT2D eigenvalue weighted by molar-refractivity contribution is 0.234. The number of nitrogens with zero attached hydrogens (tertiary/aromatic N) is 1. The highest BCUT2D eigenvalue weighted by molar-refractivity contribution is 5.97.